The molecule has 0 aliphatic carbocycles. The fraction of sp³-hybridized carbons (Fsp3) is 0.250. The van der Waals surface area contributed by atoms with E-state index < -0.39 is 5.97 Å². The smallest absolute Gasteiger partial charge is 0.341 e. The number of nitrogens with zero attached hydrogens (tertiary/aromatic N) is 2. The van der Waals surface area contributed by atoms with Crippen LogP contribution in [0.1, 0.15) is 24.2 Å². The van der Waals surface area contributed by atoms with Crippen molar-refractivity contribution in [3.63, 3.8) is 0 Å². The van der Waals surface area contributed by atoms with Gasteiger partial charge in [0.25, 0.3) is 0 Å². The molecule has 0 atom stereocenters. The Bertz CT molecular complexity index is 951. The molecule has 0 unspecified atom stereocenters. The minimum atomic E-state index is -0.466. The average Bonchev–Trinajstić information content (AvgIpc) is 2.69. The zero-order chi connectivity index (χ0) is 19.2. The number of hydrogen-bond donors (Lipinski definition) is 1. The SMILES string of the molecule is CCOC(=O)c1cnc2ccc(OCC)nc2c1Nc1ccc(OC)cc1.Cl.O. The number of carbonyl (C=O) groups is 1. The molecule has 0 amide bonds. The lowest BCUT2D eigenvalue weighted by molar-refractivity contribution is 0.0527. The van der Waals surface area contributed by atoms with E-state index in [2.05, 4.69) is 15.3 Å². The Labute approximate surface area is 174 Å². The van der Waals surface area contributed by atoms with Crippen molar-refractivity contribution in [2.75, 3.05) is 25.6 Å². The van der Waals surface area contributed by atoms with Gasteiger partial charge >= 0.3 is 5.97 Å². The van der Waals surface area contributed by atoms with Crippen LogP contribution in [0.2, 0.25) is 0 Å². The molecule has 2 heterocycles. The molecule has 1 aromatic carbocycles. The zero-order valence-electron chi connectivity index (χ0n) is 16.4. The summed E-state index contributed by atoms with van der Waals surface area (Å²) in [7, 11) is 1.61. The third-order valence-corrected chi connectivity index (χ3v) is 3.83. The largest absolute Gasteiger partial charge is 0.497 e. The molecule has 3 rings (SSSR count). The molecule has 3 N–H and O–H groups in total. The number of ether oxygens (including phenoxy) is 3. The molecule has 0 aliphatic rings. The summed E-state index contributed by atoms with van der Waals surface area (Å²) in [4.78, 5) is 21.3. The summed E-state index contributed by atoms with van der Waals surface area (Å²) < 4.78 is 15.9. The Balaban J connectivity index is 0.00000210. The third kappa shape index (κ3) is 5.46. The van der Waals surface area contributed by atoms with Crippen LogP contribution in [-0.2, 0) is 4.74 Å². The second kappa shape index (κ2) is 11.0. The van der Waals surface area contributed by atoms with Crippen LogP contribution in [0.4, 0.5) is 11.4 Å². The maximum atomic E-state index is 12.4. The molecule has 0 saturated heterocycles. The number of aromatic nitrogens is 2. The lowest BCUT2D eigenvalue weighted by Crippen LogP contribution is -2.10. The van der Waals surface area contributed by atoms with Crippen LogP contribution in [-0.4, -0.2) is 41.7 Å². The lowest BCUT2D eigenvalue weighted by Gasteiger charge is -2.14. The minimum Gasteiger partial charge on any atom is -0.497 e. The van der Waals surface area contributed by atoms with Crippen LogP contribution in [0.5, 0.6) is 11.6 Å². The van der Waals surface area contributed by atoms with Gasteiger partial charge in [-0.05, 0) is 44.2 Å². The first-order chi connectivity index (χ1) is 13.2. The number of benzene rings is 1. The van der Waals surface area contributed by atoms with E-state index >= 15 is 0 Å². The highest BCUT2D eigenvalue weighted by atomic mass is 35.5. The second-order valence-corrected chi connectivity index (χ2v) is 5.57. The van der Waals surface area contributed by atoms with Crippen molar-refractivity contribution >= 4 is 40.8 Å². The predicted molar refractivity (Wildman–Crippen MR) is 114 cm³/mol. The molecule has 156 valence electrons. The highest BCUT2D eigenvalue weighted by molar-refractivity contribution is 6.04. The first-order valence-corrected chi connectivity index (χ1v) is 8.67. The Morgan fingerprint density at radius 2 is 1.79 bits per heavy atom. The van der Waals surface area contributed by atoms with Crippen molar-refractivity contribution in [2.24, 2.45) is 0 Å². The van der Waals surface area contributed by atoms with E-state index in [-0.39, 0.29) is 24.5 Å². The van der Waals surface area contributed by atoms with Crippen LogP contribution in [0, 0.1) is 0 Å². The first kappa shape index (κ1) is 23.9. The molecule has 0 saturated carbocycles. The molecule has 29 heavy (non-hydrogen) atoms. The molecule has 0 spiro atoms. The maximum absolute atomic E-state index is 12.4. The molecular formula is C20H24ClN3O5. The van der Waals surface area contributed by atoms with Crippen LogP contribution in [0.3, 0.4) is 0 Å². The van der Waals surface area contributed by atoms with Gasteiger partial charge in [0.15, 0.2) is 0 Å². The number of anilines is 2. The molecule has 0 radical (unpaired) electrons. The highest BCUT2D eigenvalue weighted by Crippen LogP contribution is 2.30. The summed E-state index contributed by atoms with van der Waals surface area (Å²) in [5.41, 5.74) is 2.77. The van der Waals surface area contributed by atoms with E-state index in [1.165, 1.54) is 6.20 Å². The highest BCUT2D eigenvalue weighted by Gasteiger charge is 2.18. The normalized spacial score (nSPS) is 9.76. The maximum Gasteiger partial charge on any atom is 0.341 e. The number of fused-ring (bicyclic) bond motifs is 1. The van der Waals surface area contributed by atoms with Crippen molar-refractivity contribution in [3.05, 3.63) is 48.2 Å². The molecule has 8 nitrogen and oxygen atoms in total. The zero-order valence-corrected chi connectivity index (χ0v) is 17.2. The lowest BCUT2D eigenvalue weighted by atomic mass is 10.1. The standard InChI is InChI=1S/C20H21N3O4.ClH.H2O/c1-4-26-17-11-10-16-19(23-17)18(15(12-21-16)20(24)27-5-2)22-13-6-8-14(25-3)9-7-13;;/h6-12H,4-5H2,1-3H3,(H,21,22);1H;1H2. The number of esters is 1. The fourth-order valence-electron chi connectivity index (χ4n) is 2.59. The number of carbonyl (C=O) groups excluding carboxylic acids is 1. The summed E-state index contributed by atoms with van der Waals surface area (Å²) in [6.45, 7) is 4.40. The first-order valence-electron chi connectivity index (χ1n) is 8.67. The summed E-state index contributed by atoms with van der Waals surface area (Å²) in [6.07, 6.45) is 1.49. The quantitative estimate of drug-likeness (QED) is 0.580. The Morgan fingerprint density at radius 3 is 2.41 bits per heavy atom. The number of rotatable bonds is 7. The predicted octanol–water partition coefficient (Wildman–Crippen LogP) is 3.55. The Morgan fingerprint density at radius 1 is 1.07 bits per heavy atom. The van der Waals surface area contributed by atoms with Gasteiger partial charge in [-0.3, -0.25) is 4.98 Å². The van der Waals surface area contributed by atoms with Crippen LogP contribution in [0.15, 0.2) is 42.6 Å². The van der Waals surface area contributed by atoms with Crippen molar-refractivity contribution < 1.29 is 24.5 Å². The number of nitrogens with one attached hydrogen (secondary N) is 1. The second-order valence-electron chi connectivity index (χ2n) is 5.57. The monoisotopic (exact) mass is 421 g/mol. The molecule has 2 aromatic heterocycles. The number of halogens is 1. The van der Waals surface area contributed by atoms with E-state index in [1.54, 1.807) is 20.1 Å². The van der Waals surface area contributed by atoms with Crippen LogP contribution in [0.25, 0.3) is 11.0 Å². The Hall–Kier alpha value is -3.10. The molecule has 0 bridgehead atoms. The minimum absolute atomic E-state index is 0. The van der Waals surface area contributed by atoms with E-state index in [4.69, 9.17) is 14.2 Å². The van der Waals surface area contributed by atoms with Gasteiger partial charge in [-0.25, -0.2) is 9.78 Å². The van der Waals surface area contributed by atoms with Crippen molar-refractivity contribution in [2.45, 2.75) is 13.8 Å². The summed E-state index contributed by atoms with van der Waals surface area (Å²) in [5.74, 6) is 0.736. The molecule has 0 fully saturated rings. The van der Waals surface area contributed by atoms with Gasteiger partial charge in [0.1, 0.15) is 16.8 Å². The van der Waals surface area contributed by atoms with Crippen LogP contribution >= 0.6 is 12.4 Å². The molecular weight excluding hydrogens is 398 g/mol. The number of methoxy groups -OCH3 is 1. The number of hydrogen-bond acceptors (Lipinski definition) is 7. The number of pyridine rings is 2. The van der Waals surface area contributed by atoms with Crippen molar-refractivity contribution in [1.82, 2.24) is 9.97 Å². The van der Waals surface area contributed by atoms with Gasteiger partial charge in [0.2, 0.25) is 5.88 Å². The summed E-state index contributed by atoms with van der Waals surface area (Å²) >= 11 is 0. The Kier molecular flexibility index (Phi) is 9.11. The van der Waals surface area contributed by atoms with E-state index in [0.717, 1.165) is 11.4 Å². The van der Waals surface area contributed by atoms with Gasteiger partial charge in [-0.2, -0.15) is 0 Å². The molecule has 3 aromatic rings. The molecule has 9 heteroatoms. The van der Waals surface area contributed by atoms with Gasteiger partial charge < -0.3 is 25.0 Å². The van der Waals surface area contributed by atoms with Crippen molar-refractivity contribution in [1.29, 1.82) is 0 Å². The third-order valence-electron chi connectivity index (χ3n) is 3.83. The summed E-state index contributed by atoms with van der Waals surface area (Å²) in [5, 5.41) is 3.26. The van der Waals surface area contributed by atoms with E-state index in [9.17, 15) is 4.79 Å². The van der Waals surface area contributed by atoms with Gasteiger partial charge in [0, 0.05) is 18.0 Å². The van der Waals surface area contributed by atoms with E-state index in [1.807, 2.05) is 37.3 Å². The fourth-order valence-corrected chi connectivity index (χ4v) is 2.59. The summed E-state index contributed by atoms with van der Waals surface area (Å²) in [6, 6.07) is 10.9. The van der Waals surface area contributed by atoms with Gasteiger partial charge in [0.05, 0.1) is 31.5 Å². The molecule has 0 aliphatic heterocycles. The van der Waals surface area contributed by atoms with E-state index in [0.29, 0.717) is 34.8 Å². The van der Waals surface area contributed by atoms with Crippen molar-refractivity contribution in [3.8, 4) is 11.6 Å². The van der Waals surface area contributed by atoms with Gasteiger partial charge in [-0.15, -0.1) is 12.4 Å². The average molecular weight is 422 g/mol. The van der Waals surface area contributed by atoms with Crippen LogP contribution < -0.4 is 14.8 Å². The topological polar surface area (TPSA) is 114 Å². The van der Waals surface area contributed by atoms with Gasteiger partial charge in [-0.1, -0.05) is 0 Å².